The SMILES string of the molecule is COC(=O)c1cccc(C(=O)N[C@H](C)CC(=O)N2CC[C@](O)(c3ccc(Cl)cc3)C(C)(C)C2)c1. The normalized spacial score (nSPS) is 20.4. The Morgan fingerprint density at radius 3 is 2.41 bits per heavy atom. The predicted molar refractivity (Wildman–Crippen MR) is 130 cm³/mol. The number of hydrogen-bond acceptors (Lipinski definition) is 5. The minimum absolute atomic E-state index is 0.0951. The Bertz CT molecular complexity index is 1070. The summed E-state index contributed by atoms with van der Waals surface area (Å²) in [5, 5.41) is 14.9. The van der Waals surface area contributed by atoms with E-state index in [0.29, 0.717) is 30.1 Å². The van der Waals surface area contributed by atoms with Gasteiger partial charge in [-0.1, -0.05) is 43.6 Å². The van der Waals surface area contributed by atoms with Crippen LogP contribution in [0.15, 0.2) is 48.5 Å². The Labute approximate surface area is 205 Å². The van der Waals surface area contributed by atoms with Gasteiger partial charge in [0, 0.05) is 41.6 Å². The van der Waals surface area contributed by atoms with Gasteiger partial charge in [0.2, 0.25) is 5.91 Å². The number of likely N-dealkylation sites (tertiary alicyclic amines) is 1. The zero-order valence-corrected chi connectivity index (χ0v) is 20.7. The van der Waals surface area contributed by atoms with Gasteiger partial charge < -0.3 is 20.1 Å². The third-order valence-electron chi connectivity index (χ3n) is 6.53. The van der Waals surface area contributed by atoms with E-state index in [0.717, 1.165) is 5.56 Å². The number of aliphatic hydroxyl groups is 1. The van der Waals surface area contributed by atoms with Crippen LogP contribution in [0.5, 0.6) is 0 Å². The van der Waals surface area contributed by atoms with Crippen molar-refractivity contribution in [3.63, 3.8) is 0 Å². The number of esters is 1. The number of piperidine rings is 1. The molecule has 2 aromatic carbocycles. The monoisotopic (exact) mass is 486 g/mol. The minimum Gasteiger partial charge on any atom is -0.465 e. The molecule has 2 amide bonds. The summed E-state index contributed by atoms with van der Waals surface area (Å²) < 4.78 is 4.69. The van der Waals surface area contributed by atoms with E-state index in [1.165, 1.54) is 13.2 Å². The maximum Gasteiger partial charge on any atom is 0.337 e. The van der Waals surface area contributed by atoms with E-state index in [9.17, 15) is 19.5 Å². The highest BCUT2D eigenvalue weighted by atomic mass is 35.5. The Morgan fingerprint density at radius 2 is 1.79 bits per heavy atom. The van der Waals surface area contributed by atoms with Gasteiger partial charge >= 0.3 is 5.97 Å². The van der Waals surface area contributed by atoms with Crippen LogP contribution < -0.4 is 5.32 Å². The lowest BCUT2D eigenvalue weighted by molar-refractivity contribution is -0.153. The van der Waals surface area contributed by atoms with E-state index in [-0.39, 0.29) is 23.8 Å². The molecule has 1 heterocycles. The Morgan fingerprint density at radius 1 is 1.15 bits per heavy atom. The molecule has 0 bridgehead atoms. The van der Waals surface area contributed by atoms with Gasteiger partial charge in [0.05, 0.1) is 18.3 Å². The molecule has 2 N–H and O–H groups in total. The fourth-order valence-electron chi connectivity index (χ4n) is 4.45. The van der Waals surface area contributed by atoms with Gasteiger partial charge in [0.25, 0.3) is 5.91 Å². The van der Waals surface area contributed by atoms with Gasteiger partial charge in [-0.15, -0.1) is 0 Å². The fraction of sp³-hybridized carbons (Fsp3) is 0.423. The van der Waals surface area contributed by atoms with Crippen LogP contribution in [-0.4, -0.2) is 54.0 Å². The number of carbonyl (C=O) groups excluding carboxylic acids is 3. The summed E-state index contributed by atoms with van der Waals surface area (Å²) in [4.78, 5) is 39.1. The first kappa shape index (κ1) is 25.7. The van der Waals surface area contributed by atoms with Gasteiger partial charge in [-0.25, -0.2) is 4.79 Å². The zero-order chi connectivity index (χ0) is 25.1. The quantitative estimate of drug-likeness (QED) is 0.606. The summed E-state index contributed by atoms with van der Waals surface area (Å²) in [5.41, 5.74) is -0.297. The lowest BCUT2D eigenvalue weighted by Crippen LogP contribution is -2.57. The Hall–Kier alpha value is -2.90. The van der Waals surface area contributed by atoms with E-state index in [1.807, 2.05) is 26.0 Å². The molecule has 0 spiro atoms. The number of carbonyl (C=O) groups is 3. The number of methoxy groups -OCH3 is 1. The first-order chi connectivity index (χ1) is 16.0. The summed E-state index contributed by atoms with van der Waals surface area (Å²) in [6.07, 6.45) is 0.520. The average molecular weight is 487 g/mol. The highest BCUT2D eigenvalue weighted by Gasteiger charge is 2.49. The molecule has 8 heteroatoms. The number of rotatable bonds is 6. The highest BCUT2D eigenvalue weighted by molar-refractivity contribution is 6.30. The number of hydrogen-bond donors (Lipinski definition) is 2. The van der Waals surface area contributed by atoms with Crippen LogP contribution in [0.25, 0.3) is 0 Å². The number of nitrogens with zero attached hydrogens (tertiary/aromatic N) is 1. The second-order valence-corrected chi connectivity index (χ2v) is 9.90. The number of nitrogens with one attached hydrogen (secondary N) is 1. The van der Waals surface area contributed by atoms with Crippen LogP contribution in [0.4, 0.5) is 0 Å². The third kappa shape index (κ3) is 5.42. The second kappa shape index (κ2) is 10.2. The summed E-state index contributed by atoms with van der Waals surface area (Å²) in [7, 11) is 1.28. The molecular formula is C26H31ClN2O5. The fourth-order valence-corrected chi connectivity index (χ4v) is 4.58. The maximum absolute atomic E-state index is 13.0. The van der Waals surface area contributed by atoms with Crippen LogP contribution >= 0.6 is 11.6 Å². The topological polar surface area (TPSA) is 95.9 Å². The predicted octanol–water partition coefficient (Wildman–Crippen LogP) is 3.78. The summed E-state index contributed by atoms with van der Waals surface area (Å²) in [5.74, 6) is -0.992. The van der Waals surface area contributed by atoms with E-state index >= 15 is 0 Å². The number of amides is 2. The number of benzene rings is 2. The largest absolute Gasteiger partial charge is 0.465 e. The van der Waals surface area contributed by atoms with Crippen molar-refractivity contribution in [2.75, 3.05) is 20.2 Å². The molecule has 1 fully saturated rings. The van der Waals surface area contributed by atoms with Crippen LogP contribution in [-0.2, 0) is 15.1 Å². The molecule has 2 atom stereocenters. The van der Waals surface area contributed by atoms with Gasteiger partial charge in [0.15, 0.2) is 0 Å². The molecule has 0 aromatic heterocycles. The van der Waals surface area contributed by atoms with Crippen molar-refractivity contribution >= 4 is 29.4 Å². The summed E-state index contributed by atoms with van der Waals surface area (Å²) in [6.45, 7) is 6.44. The van der Waals surface area contributed by atoms with Crippen molar-refractivity contribution in [2.24, 2.45) is 5.41 Å². The van der Waals surface area contributed by atoms with E-state index in [2.05, 4.69) is 5.32 Å². The molecule has 3 rings (SSSR count). The molecule has 0 saturated carbocycles. The Kier molecular flexibility index (Phi) is 7.68. The van der Waals surface area contributed by atoms with Crippen molar-refractivity contribution in [1.29, 1.82) is 0 Å². The third-order valence-corrected chi connectivity index (χ3v) is 6.78. The molecule has 34 heavy (non-hydrogen) atoms. The van der Waals surface area contributed by atoms with Crippen molar-refractivity contribution < 1.29 is 24.2 Å². The standard InChI is InChI=1S/C26H31ClN2O5/c1-17(28-23(31)18-6-5-7-19(15-18)24(32)34-4)14-22(30)29-13-12-26(33,25(2,3)16-29)20-8-10-21(27)11-9-20/h5-11,15,17,33H,12-14,16H2,1-4H3,(H,28,31)/t17-,26+/m1/s1. The smallest absolute Gasteiger partial charge is 0.337 e. The highest BCUT2D eigenvalue weighted by Crippen LogP contribution is 2.46. The Balaban J connectivity index is 1.61. The minimum atomic E-state index is -1.08. The van der Waals surface area contributed by atoms with Crippen molar-refractivity contribution in [3.05, 3.63) is 70.2 Å². The van der Waals surface area contributed by atoms with Gasteiger partial charge in [0.1, 0.15) is 0 Å². The molecule has 0 aliphatic carbocycles. The van der Waals surface area contributed by atoms with Gasteiger partial charge in [-0.3, -0.25) is 9.59 Å². The lowest BCUT2D eigenvalue weighted by Gasteiger charge is -2.50. The van der Waals surface area contributed by atoms with Crippen LogP contribution in [0.2, 0.25) is 5.02 Å². The first-order valence-electron chi connectivity index (χ1n) is 11.2. The van der Waals surface area contributed by atoms with E-state index in [4.69, 9.17) is 16.3 Å². The second-order valence-electron chi connectivity index (χ2n) is 9.47. The average Bonchev–Trinajstić information content (AvgIpc) is 2.80. The van der Waals surface area contributed by atoms with Crippen molar-refractivity contribution in [2.45, 2.75) is 45.3 Å². The zero-order valence-electron chi connectivity index (χ0n) is 19.9. The summed E-state index contributed by atoms with van der Waals surface area (Å²) in [6, 6.07) is 13.0. The number of ether oxygens (including phenoxy) is 1. The molecule has 7 nitrogen and oxygen atoms in total. The molecule has 1 aliphatic rings. The maximum atomic E-state index is 13.0. The first-order valence-corrected chi connectivity index (χ1v) is 11.6. The molecule has 1 saturated heterocycles. The van der Waals surface area contributed by atoms with Gasteiger partial charge in [-0.05, 0) is 49.2 Å². The van der Waals surface area contributed by atoms with Crippen LogP contribution in [0, 0.1) is 5.41 Å². The van der Waals surface area contributed by atoms with Crippen molar-refractivity contribution in [3.8, 4) is 0 Å². The van der Waals surface area contributed by atoms with Crippen LogP contribution in [0.3, 0.4) is 0 Å². The van der Waals surface area contributed by atoms with E-state index < -0.39 is 23.0 Å². The van der Waals surface area contributed by atoms with Gasteiger partial charge in [-0.2, -0.15) is 0 Å². The lowest BCUT2D eigenvalue weighted by atomic mass is 9.66. The molecule has 0 radical (unpaired) electrons. The van der Waals surface area contributed by atoms with Crippen molar-refractivity contribution in [1.82, 2.24) is 10.2 Å². The molecule has 182 valence electrons. The summed E-state index contributed by atoms with van der Waals surface area (Å²) >= 11 is 6.00. The van der Waals surface area contributed by atoms with E-state index in [1.54, 1.807) is 42.2 Å². The van der Waals surface area contributed by atoms with Crippen LogP contribution in [0.1, 0.15) is 59.9 Å². The molecule has 2 aromatic rings. The number of halogens is 1. The molecule has 1 aliphatic heterocycles. The molecule has 0 unspecified atom stereocenters. The molecular weight excluding hydrogens is 456 g/mol.